The van der Waals surface area contributed by atoms with Gasteiger partial charge in [0.2, 0.25) is 0 Å². The number of amides is 1. The van der Waals surface area contributed by atoms with Crippen molar-refractivity contribution in [2.45, 2.75) is 39.3 Å². The Morgan fingerprint density at radius 3 is 2.57 bits per heavy atom. The van der Waals surface area contributed by atoms with Crippen LogP contribution in [0.2, 0.25) is 0 Å². The molecule has 2 aromatic carbocycles. The highest BCUT2D eigenvalue weighted by atomic mass is 19.1. The number of rotatable bonds is 4. The van der Waals surface area contributed by atoms with Crippen LogP contribution in [0.15, 0.2) is 54.7 Å². The standard InChI is InChI=1S/C24H24FN3O2/c1-16(22-15-26-28(17(22)2)21-7-5-6-20(25)14-21)27-23(29)19-10-8-18(9-11-19)12-13-24(3,4)30/h5-11,14-16,30H,1-4H3,(H,27,29)/t16-/m0/s1. The molecule has 1 amide bonds. The van der Waals surface area contributed by atoms with Crippen LogP contribution in [0.1, 0.15) is 54.0 Å². The maximum Gasteiger partial charge on any atom is 0.251 e. The number of benzene rings is 2. The summed E-state index contributed by atoms with van der Waals surface area (Å²) >= 11 is 0. The number of hydrogen-bond acceptors (Lipinski definition) is 3. The van der Waals surface area contributed by atoms with E-state index in [-0.39, 0.29) is 17.8 Å². The molecule has 0 radical (unpaired) electrons. The van der Waals surface area contributed by atoms with Gasteiger partial charge in [0.1, 0.15) is 11.4 Å². The average molecular weight is 405 g/mol. The van der Waals surface area contributed by atoms with Gasteiger partial charge in [-0.05, 0) is 70.2 Å². The van der Waals surface area contributed by atoms with E-state index in [9.17, 15) is 14.3 Å². The minimum atomic E-state index is -1.07. The van der Waals surface area contributed by atoms with E-state index in [2.05, 4.69) is 22.3 Å². The molecular weight excluding hydrogens is 381 g/mol. The first-order valence-electron chi connectivity index (χ1n) is 9.61. The van der Waals surface area contributed by atoms with Crippen LogP contribution in [0.3, 0.4) is 0 Å². The topological polar surface area (TPSA) is 67.2 Å². The number of nitrogens with zero attached hydrogens (tertiary/aromatic N) is 2. The summed E-state index contributed by atoms with van der Waals surface area (Å²) in [7, 11) is 0. The molecule has 0 aliphatic heterocycles. The molecule has 3 aromatic rings. The van der Waals surface area contributed by atoms with Crippen molar-refractivity contribution in [3.63, 3.8) is 0 Å². The summed E-state index contributed by atoms with van der Waals surface area (Å²) in [6, 6.07) is 12.8. The number of carbonyl (C=O) groups excluding carboxylic acids is 1. The van der Waals surface area contributed by atoms with E-state index in [0.717, 1.165) is 11.3 Å². The monoisotopic (exact) mass is 405 g/mol. The molecule has 0 saturated heterocycles. The van der Waals surface area contributed by atoms with E-state index in [1.165, 1.54) is 12.1 Å². The molecule has 0 aliphatic carbocycles. The second-order valence-electron chi connectivity index (χ2n) is 7.66. The van der Waals surface area contributed by atoms with Crippen LogP contribution in [0.25, 0.3) is 5.69 Å². The van der Waals surface area contributed by atoms with Gasteiger partial charge in [0.05, 0.1) is 17.9 Å². The van der Waals surface area contributed by atoms with E-state index in [1.54, 1.807) is 61.1 Å². The van der Waals surface area contributed by atoms with Gasteiger partial charge in [-0.25, -0.2) is 9.07 Å². The highest BCUT2D eigenvalue weighted by molar-refractivity contribution is 5.94. The van der Waals surface area contributed by atoms with E-state index < -0.39 is 5.60 Å². The van der Waals surface area contributed by atoms with Crippen molar-refractivity contribution >= 4 is 5.91 Å². The molecule has 1 heterocycles. The van der Waals surface area contributed by atoms with Gasteiger partial charge >= 0.3 is 0 Å². The summed E-state index contributed by atoms with van der Waals surface area (Å²) in [4.78, 5) is 12.6. The normalized spacial score (nSPS) is 12.1. The van der Waals surface area contributed by atoms with Crippen LogP contribution in [0, 0.1) is 24.6 Å². The zero-order chi connectivity index (χ0) is 21.9. The third kappa shape index (κ3) is 5.13. The molecule has 1 aromatic heterocycles. The maximum atomic E-state index is 13.5. The summed E-state index contributed by atoms with van der Waals surface area (Å²) in [6.07, 6.45) is 1.68. The average Bonchev–Trinajstić information content (AvgIpc) is 3.07. The largest absolute Gasteiger partial charge is 0.378 e. The van der Waals surface area contributed by atoms with Gasteiger partial charge in [-0.15, -0.1) is 0 Å². The van der Waals surface area contributed by atoms with Crippen LogP contribution < -0.4 is 5.32 Å². The lowest BCUT2D eigenvalue weighted by Crippen LogP contribution is -2.26. The zero-order valence-electron chi connectivity index (χ0n) is 17.4. The molecule has 6 heteroatoms. The Balaban J connectivity index is 1.72. The Bertz CT molecular complexity index is 1120. The lowest BCUT2D eigenvalue weighted by molar-refractivity contribution is 0.0939. The molecular formula is C24H24FN3O2. The van der Waals surface area contributed by atoms with Gasteiger partial charge in [-0.2, -0.15) is 5.10 Å². The Kier molecular flexibility index (Phi) is 6.04. The highest BCUT2D eigenvalue weighted by Gasteiger charge is 2.17. The number of hydrogen-bond donors (Lipinski definition) is 2. The lowest BCUT2D eigenvalue weighted by Gasteiger charge is -2.14. The molecule has 2 N–H and O–H groups in total. The van der Waals surface area contributed by atoms with E-state index in [1.807, 2.05) is 13.8 Å². The Labute approximate surface area is 175 Å². The quantitative estimate of drug-likeness (QED) is 0.647. The minimum absolute atomic E-state index is 0.220. The number of nitrogens with one attached hydrogen (secondary N) is 1. The summed E-state index contributed by atoms with van der Waals surface area (Å²) in [5.74, 6) is 5.06. The third-order valence-corrected chi connectivity index (χ3v) is 4.57. The lowest BCUT2D eigenvalue weighted by atomic mass is 10.1. The van der Waals surface area contributed by atoms with Crippen molar-refractivity contribution in [2.75, 3.05) is 0 Å². The van der Waals surface area contributed by atoms with E-state index in [0.29, 0.717) is 16.8 Å². The van der Waals surface area contributed by atoms with Gasteiger partial charge in [0, 0.05) is 22.4 Å². The molecule has 154 valence electrons. The molecule has 30 heavy (non-hydrogen) atoms. The molecule has 0 spiro atoms. The van der Waals surface area contributed by atoms with Gasteiger partial charge in [-0.1, -0.05) is 17.9 Å². The number of halogens is 1. The van der Waals surface area contributed by atoms with Crippen LogP contribution >= 0.6 is 0 Å². The molecule has 0 bridgehead atoms. The van der Waals surface area contributed by atoms with E-state index >= 15 is 0 Å². The first kappa shape index (κ1) is 21.3. The summed E-state index contributed by atoms with van der Waals surface area (Å²) in [5.41, 5.74) is 2.45. The minimum Gasteiger partial charge on any atom is -0.378 e. The molecule has 0 unspecified atom stereocenters. The summed E-state index contributed by atoms with van der Waals surface area (Å²) in [5, 5.41) is 17.0. The van der Waals surface area contributed by atoms with Crippen molar-refractivity contribution in [1.29, 1.82) is 0 Å². The van der Waals surface area contributed by atoms with Crippen molar-refractivity contribution in [1.82, 2.24) is 15.1 Å². The van der Waals surface area contributed by atoms with Crippen molar-refractivity contribution in [2.24, 2.45) is 0 Å². The number of aromatic nitrogens is 2. The third-order valence-electron chi connectivity index (χ3n) is 4.57. The Morgan fingerprint density at radius 1 is 1.23 bits per heavy atom. The van der Waals surface area contributed by atoms with Crippen molar-refractivity contribution in [3.05, 3.63) is 82.9 Å². The predicted octanol–water partition coefficient (Wildman–Crippen LogP) is 3.93. The van der Waals surface area contributed by atoms with Gasteiger partial charge in [0.15, 0.2) is 0 Å². The fourth-order valence-corrected chi connectivity index (χ4v) is 3.00. The smallest absolute Gasteiger partial charge is 0.251 e. The van der Waals surface area contributed by atoms with Crippen LogP contribution in [0.4, 0.5) is 4.39 Å². The zero-order valence-corrected chi connectivity index (χ0v) is 17.4. The van der Waals surface area contributed by atoms with E-state index in [4.69, 9.17) is 0 Å². The number of carbonyl (C=O) groups is 1. The maximum absolute atomic E-state index is 13.5. The summed E-state index contributed by atoms with van der Waals surface area (Å²) < 4.78 is 15.2. The van der Waals surface area contributed by atoms with Gasteiger partial charge < -0.3 is 10.4 Å². The second-order valence-corrected chi connectivity index (χ2v) is 7.66. The van der Waals surface area contributed by atoms with Gasteiger partial charge in [0.25, 0.3) is 5.91 Å². The molecule has 3 rings (SSSR count). The Morgan fingerprint density at radius 2 is 1.93 bits per heavy atom. The fraction of sp³-hybridized carbons (Fsp3) is 0.250. The predicted molar refractivity (Wildman–Crippen MR) is 114 cm³/mol. The SMILES string of the molecule is Cc1c([C@H](C)NC(=O)c2ccc(C#CC(C)(C)O)cc2)cnn1-c1cccc(F)c1. The Hall–Kier alpha value is -3.43. The van der Waals surface area contributed by atoms with Crippen molar-refractivity contribution in [3.8, 4) is 17.5 Å². The molecule has 5 nitrogen and oxygen atoms in total. The number of aliphatic hydroxyl groups is 1. The second kappa shape index (κ2) is 8.52. The molecule has 0 saturated carbocycles. The van der Waals surface area contributed by atoms with Crippen LogP contribution in [-0.2, 0) is 0 Å². The molecule has 1 atom stereocenters. The van der Waals surface area contributed by atoms with Gasteiger partial charge in [-0.3, -0.25) is 4.79 Å². The van der Waals surface area contributed by atoms with Crippen LogP contribution in [-0.4, -0.2) is 26.4 Å². The molecule has 0 aliphatic rings. The first-order chi connectivity index (χ1) is 14.1. The highest BCUT2D eigenvalue weighted by Crippen LogP contribution is 2.21. The summed E-state index contributed by atoms with van der Waals surface area (Å²) in [6.45, 7) is 6.98. The van der Waals surface area contributed by atoms with Crippen LogP contribution in [0.5, 0.6) is 0 Å². The fourth-order valence-electron chi connectivity index (χ4n) is 3.00. The molecule has 0 fully saturated rings. The first-order valence-corrected chi connectivity index (χ1v) is 9.61. The van der Waals surface area contributed by atoms with Crippen molar-refractivity contribution < 1.29 is 14.3 Å².